The summed E-state index contributed by atoms with van der Waals surface area (Å²) in [7, 11) is 0. The third-order valence-corrected chi connectivity index (χ3v) is 6.44. The molecule has 0 aromatic rings. The van der Waals surface area contributed by atoms with E-state index >= 15 is 0 Å². The second-order valence-corrected chi connectivity index (χ2v) is 8.36. The second kappa shape index (κ2) is 4.73. The van der Waals surface area contributed by atoms with Crippen molar-refractivity contribution in [3.05, 3.63) is 0 Å². The highest BCUT2D eigenvalue weighted by molar-refractivity contribution is 5.09. The molecule has 4 aliphatic rings. The normalized spacial score (nSPS) is 47.4. The zero-order chi connectivity index (χ0) is 13.7. The highest BCUT2D eigenvalue weighted by Gasteiger charge is 2.58. The first-order valence-corrected chi connectivity index (χ1v) is 8.38. The monoisotopic (exact) mass is 265 g/mol. The lowest BCUT2D eigenvalue weighted by atomic mass is 9.43. The minimum absolute atomic E-state index is 0.150. The Balaban J connectivity index is 1.82. The first-order valence-electron chi connectivity index (χ1n) is 8.38. The Morgan fingerprint density at radius 1 is 1.21 bits per heavy atom. The molecule has 4 bridgehead atoms. The molecule has 0 spiro atoms. The van der Waals surface area contributed by atoms with Gasteiger partial charge in [0.1, 0.15) is 0 Å². The third-order valence-electron chi connectivity index (χ3n) is 6.44. The predicted octanol–water partition coefficient (Wildman–Crippen LogP) is 3.33. The SMILES string of the molecule is CCCC(CN)C(O)C12CC3CC(CC(C)(C3)C1)C2. The second-order valence-electron chi connectivity index (χ2n) is 8.36. The van der Waals surface area contributed by atoms with Crippen molar-refractivity contribution in [2.75, 3.05) is 6.54 Å². The van der Waals surface area contributed by atoms with Gasteiger partial charge in [0, 0.05) is 0 Å². The van der Waals surface area contributed by atoms with Crippen LogP contribution in [0.5, 0.6) is 0 Å². The molecule has 2 nitrogen and oxygen atoms in total. The molecule has 0 radical (unpaired) electrons. The topological polar surface area (TPSA) is 46.2 Å². The molecule has 3 N–H and O–H groups in total. The summed E-state index contributed by atoms with van der Waals surface area (Å²) in [5, 5.41) is 11.0. The van der Waals surface area contributed by atoms with Crippen molar-refractivity contribution in [1.82, 2.24) is 0 Å². The maximum atomic E-state index is 11.0. The van der Waals surface area contributed by atoms with Crippen molar-refractivity contribution < 1.29 is 5.11 Å². The standard InChI is InChI=1S/C17H31NO/c1-3-4-14(10-18)15(19)17-8-12-5-13(9-17)7-16(2,6-12)11-17/h12-15,19H,3-11,18H2,1-2H3. The number of hydrogen-bond donors (Lipinski definition) is 2. The Morgan fingerprint density at radius 3 is 2.32 bits per heavy atom. The number of aliphatic hydroxyl groups excluding tert-OH is 1. The number of hydrogen-bond acceptors (Lipinski definition) is 2. The van der Waals surface area contributed by atoms with Gasteiger partial charge in [0.2, 0.25) is 0 Å². The van der Waals surface area contributed by atoms with Crippen molar-refractivity contribution in [3.8, 4) is 0 Å². The summed E-state index contributed by atoms with van der Waals surface area (Å²) in [5.74, 6) is 2.10. The summed E-state index contributed by atoms with van der Waals surface area (Å²) >= 11 is 0. The van der Waals surface area contributed by atoms with Gasteiger partial charge in [0.05, 0.1) is 6.10 Å². The molecule has 2 heteroatoms. The number of rotatable bonds is 5. The van der Waals surface area contributed by atoms with Gasteiger partial charge in [-0.1, -0.05) is 20.3 Å². The van der Waals surface area contributed by atoms with E-state index in [1.165, 1.54) is 38.5 Å². The van der Waals surface area contributed by atoms with Gasteiger partial charge in [-0.05, 0) is 80.1 Å². The van der Waals surface area contributed by atoms with Crippen LogP contribution < -0.4 is 5.73 Å². The molecule has 0 heterocycles. The van der Waals surface area contributed by atoms with Gasteiger partial charge in [-0.3, -0.25) is 0 Å². The van der Waals surface area contributed by atoms with E-state index in [0.717, 1.165) is 24.7 Å². The third kappa shape index (κ3) is 2.25. The molecular weight excluding hydrogens is 234 g/mol. The molecule has 0 aromatic heterocycles. The Kier molecular flexibility index (Phi) is 3.46. The lowest BCUT2D eigenvalue weighted by Gasteiger charge is -2.63. The molecule has 4 saturated carbocycles. The lowest BCUT2D eigenvalue weighted by molar-refractivity contribution is -0.166. The number of aliphatic hydroxyl groups is 1. The smallest absolute Gasteiger partial charge is 0.0637 e. The van der Waals surface area contributed by atoms with Crippen molar-refractivity contribution in [2.45, 2.75) is 71.3 Å². The van der Waals surface area contributed by atoms with E-state index in [0.29, 0.717) is 17.9 Å². The molecule has 4 fully saturated rings. The highest BCUT2D eigenvalue weighted by atomic mass is 16.3. The fourth-order valence-corrected chi connectivity index (χ4v) is 6.42. The van der Waals surface area contributed by atoms with Crippen LogP contribution in [-0.4, -0.2) is 17.8 Å². The molecule has 19 heavy (non-hydrogen) atoms. The van der Waals surface area contributed by atoms with Crippen molar-refractivity contribution in [2.24, 2.45) is 34.3 Å². The Labute approximate surface area is 118 Å². The van der Waals surface area contributed by atoms with E-state index in [4.69, 9.17) is 5.73 Å². The van der Waals surface area contributed by atoms with Crippen molar-refractivity contribution in [1.29, 1.82) is 0 Å². The average molecular weight is 265 g/mol. The maximum absolute atomic E-state index is 11.0. The molecule has 4 atom stereocenters. The summed E-state index contributed by atoms with van der Waals surface area (Å²) in [5.41, 5.74) is 6.70. The number of nitrogens with two attached hydrogens (primary N) is 1. The minimum atomic E-state index is -0.150. The van der Waals surface area contributed by atoms with E-state index < -0.39 is 0 Å². The highest BCUT2D eigenvalue weighted by Crippen LogP contribution is 2.66. The molecule has 4 unspecified atom stereocenters. The molecule has 4 rings (SSSR count). The summed E-state index contributed by atoms with van der Waals surface area (Å²) in [4.78, 5) is 0. The fraction of sp³-hybridized carbons (Fsp3) is 1.00. The predicted molar refractivity (Wildman–Crippen MR) is 78.7 cm³/mol. The summed E-state index contributed by atoms with van der Waals surface area (Å²) < 4.78 is 0. The van der Waals surface area contributed by atoms with E-state index in [1.54, 1.807) is 0 Å². The van der Waals surface area contributed by atoms with Crippen LogP contribution >= 0.6 is 0 Å². The zero-order valence-electron chi connectivity index (χ0n) is 12.7. The van der Waals surface area contributed by atoms with E-state index in [1.807, 2.05) is 0 Å². The van der Waals surface area contributed by atoms with E-state index in [-0.39, 0.29) is 11.5 Å². The lowest BCUT2D eigenvalue weighted by Crippen LogP contribution is -2.57. The minimum Gasteiger partial charge on any atom is -0.392 e. The molecule has 0 aromatic carbocycles. The molecule has 0 amide bonds. The quantitative estimate of drug-likeness (QED) is 0.801. The van der Waals surface area contributed by atoms with Crippen LogP contribution in [0.1, 0.15) is 65.2 Å². The molecule has 0 aliphatic heterocycles. The largest absolute Gasteiger partial charge is 0.392 e. The summed E-state index contributed by atoms with van der Waals surface area (Å²) in [6.45, 7) is 5.34. The van der Waals surface area contributed by atoms with Crippen molar-refractivity contribution in [3.63, 3.8) is 0 Å². The van der Waals surface area contributed by atoms with Crippen LogP contribution in [0.4, 0.5) is 0 Å². The summed E-state index contributed by atoms with van der Waals surface area (Å²) in [6, 6.07) is 0. The first kappa shape index (κ1) is 13.9. The van der Waals surface area contributed by atoms with Gasteiger partial charge in [-0.15, -0.1) is 0 Å². The van der Waals surface area contributed by atoms with E-state index in [2.05, 4.69) is 13.8 Å². The van der Waals surface area contributed by atoms with Crippen molar-refractivity contribution >= 4 is 0 Å². The van der Waals surface area contributed by atoms with Crippen LogP contribution in [0.25, 0.3) is 0 Å². The van der Waals surface area contributed by atoms with Gasteiger partial charge >= 0.3 is 0 Å². The molecule has 4 aliphatic carbocycles. The van der Waals surface area contributed by atoms with E-state index in [9.17, 15) is 5.11 Å². The molecule has 110 valence electrons. The molecule has 0 saturated heterocycles. The molecular formula is C17H31NO. The summed E-state index contributed by atoms with van der Waals surface area (Å²) in [6.07, 6.45) is 10.2. The Morgan fingerprint density at radius 2 is 1.84 bits per heavy atom. The fourth-order valence-electron chi connectivity index (χ4n) is 6.42. The van der Waals surface area contributed by atoms with Crippen LogP contribution in [0.15, 0.2) is 0 Å². The van der Waals surface area contributed by atoms with Gasteiger partial charge in [-0.2, -0.15) is 0 Å². The average Bonchev–Trinajstić information content (AvgIpc) is 2.32. The van der Waals surface area contributed by atoms with Crippen LogP contribution in [0.3, 0.4) is 0 Å². The van der Waals surface area contributed by atoms with Crippen LogP contribution in [-0.2, 0) is 0 Å². The van der Waals surface area contributed by atoms with Crippen LogP contribution in [0, 0.1) is 28.6 Å². The zero-order valence-corrected chi connectivity index (χ0v) is 12.7. The van der Waals surface area contributed by atoms with Gasteiger partial charge < -0.3 is 10.8 Å². The first-order chi connectivity index (χ1) is 9.00. The van der Waals surface area contributed by atoms with Gasteiger partial charge in [0.15, 0.2) is 0 Å². The maximum Gasteiger partial charge on any atom is 0.0637 e. The Hall–Kier alpha value is -0.0800. The van der Waals surface area contributed by atoms with Crippen LogP contribution in [0.2, 0.25) is 0 Å². The van der Waals surface area contributed by atoms with Gasteiger partial charge in [0.25, 0.3) is 0 Å². The van der Waals surface area contributed by atoms with Gasteiger partial charge in [-0.25, -0.2) is 0 Å². The Bertz CT molecular complexity index is 326.